The zero-order chi connectivity index (χ0) is 33.7. The molecule has 9 aromatic rings. The SMILES string of the molecule is C1=C(c2ccc(-c3ccc4c(ccc5cc(-c6cccc7c6sc6ccccc67)ccc54)c3)cc2)NC(c2ccccc2)=[N+]=C1c1ccccc1. The molecule has 0 radical (unpaired) electrons. The molecule has 0 bridgehead atoms. The van der Waals surface area contributed by atoms with E-state index in [4.69, 9.17) is 4.67 Å². The highest BCUT2D eigenvalue weighted by Gasteiger charge is 2.24. The fourth-order valence-corrected chi connectivity index (χ4v) is 8.60. The van der Waals surface area contributed by atoms with Crippen LogP contribution in [0.2, 0.25) is 0 Å². The van der Waals surface area contributed by atoms with E-state index in [0.29, 0.717) is 0 Å². The first-order valence-electron chi connectivity index (χ1n) is 17.3. The molecule has 0 saturated carbocycles. The van der Waals surface area contributed by atoms with Gasteiger partial charge in [-0.1, -0.05) is 133 Å². The molecule has 0 amide bonds. The van der Waals surface area contributed by atoms with Gasteiger partial charge in [0.05, 0.1) is 11.6 Å². The first-order valence-corrected chi connectivity index (χ1v) is 18.1. The van der Waals surface area contributed by atoms with Crippen LogP contribution >= 0.6 is 11.3 Å². The number of hydrogen-bond donors (Lipinski definition) is 1. The Hall–Kier alpha value is -6.51. The summed E-state index contributed by atoms with van der Waals surface area (Å²) in [6.07, 6.45) is 2.15. The van der Waals surface area contributed by atoms with Crippen LogP contribution in [-0.4, -0.2) is 11.5 Å². The maximum atomic E-state index is 5.00. The summed E-state index contributed by atoms with van der Waals surface area (Å²) in [5.41, 5.74) is 10.2. The Bertz CT molecular complexity index is 2890. The predicted molar refractivity (Wildman–Crippen MR) is 220 cm³/mol. The topological polar surface area (TPSA) is 26.1 Å². The van der Waals surface area contributed by atoms with Crippen molar-refractivity contribution in [2.45, 2.75) is 0 Å². The number of amidine groups is 1. The third-order valence-corrected chi connectivity index (χ3v) is 11.2. The zero-order valence-corrected chi connectivity index (χ0v) is 28.5. The summed E-state index contributed by atoms with van der Waals surface area (Å²) in [5, 5.41) is 11.3. The van der Waals surface area contributed by atoms with Crippen LogP contribution in [-0.2, 0) is 0 Å². The van der Waals surface area contributed by atoms with Gasteiger partial charge in [0.2, 0.25) is 5.71 Å². The molecule has 0 atom stereocenters. The Kier molecular flexibility index (Phi) is 6.99. The van der Waals surface area contributed by atoms with E-state index in [0.717, 1.165) is 33.9 Å². The van der Waals surface area contributed by atoms with Gasteiger partial charge in [-0.25, -0.2) is 9.98 Å². The van der Waals surface area contributed by atoms with Crippen LogP contribution in [0.5, 0.6) is 0 Å². The van der Waals surface area contributed by atoms with E-state index in [1.807, 2.05) is 35.6 Å². The summed E-state index contributed by atoms with van der Waals surface area (Å²) in [7, 11) is 0. The standard InChI is InChI=1S/C48H30N2S/c1-3-10-32(11-4-1)44-30-45(50-48(49-44)34-12-5-2-6-13-34)33-20-18-31(19-21-33)35-24-26-39-36(28-35)22-23-37-29-38(25-27-40(37)39)41-15-9-16-43-42-14-7-8-17-46(42)51-47(41)43/h1-30H/p+1. The lowest BCUT2D eigenvalue weighted by Crippen LogP contribution is -2.31. The van der Waals surface area contributed by atoms with Gasteiger partial charge < -0.3 is 0 Å². The van der Waals surface area contributed by atoms with Gasteiger partial charge in [0.15, 0.2) is 0 Å². The highest BCUT2D eigenvalue weighted by Crippen LogP contribution is 2.41. The molecular formula is C48H31N2S+. The Morgan fingerprint density at radius 1 is 0.412 bits per heavy atom. The number of fused-ring (bicyclic) bond motifs is 6. The van der Waals surface area contributed by atoms with Gasteiger partial charge >= 0.3 is 5.84 Å². The van der Waals surface area contributed by atoms with E-state index in [2.05, 4.69) is 163 Å². The lowest BCUT2D eigenvalue weighted by Gasteiger charge is -2.11. The summed E-state index contributed by atoms with van der Waals surface area (Å²) in [6, 6.07) is 63.3. The monoisotopic (exact) mass is 667 g/mol. The molecular weight excluding hydrogens is 637 g/mol. The van der Waals surface area contributed by atoms with Crippen LogP contribution < -0.4 is 9.98 Å². The van der Waals surface area contributed by atoms with Crippen molar-refractivity contribution in [3.63, 3.8) is 0 Å². The van der Waals surface area contributed by atoms with Crippen molar-refractivity contribution in [3.8, 4) is 22.3 Å². The van der Waals surface area contributed by atoms with Crippen molar-refractivity contribution >= 4 is 70.3 Å². The number of nitrogens with zero attached hydrogens (tertiary/aromatic N) is 1. The summed E-state index contributed by atoms with van der Waals surface area (Å²) in [6.45, 7) is 0. The van der Waals surface area contributed by atoms with Crippen molar-refractivity contribution < 1.29 is 0 Å². The lowest BCUT2D eigenvalue weighted by atomic mass is 9.94. The quantitative estimate of drug-likeness (QED) is 0.143. The number of nitrogens with one attached hydrogen (secondary N) is 1. The maximum Gasteiger partial charge on any atom is 0.380 e. The molecule has 0 aliphatic carbocycles. The number of allylic oxidation sites excluding steroid dienone is 1. The van der Waals surface area contributed by atoms with E-state index < -0.39 is 0 Å². The number of rotatable bonds is 5. The Morgan fingerprint density at radius 2 is 1.02 bits per heavy atom. The van der Waals surface area contributed by atoms with Crippen molar-refractivity contribution in [2.24, 2.45) is 0 Å². The normalized spacial score (nSPS) is 12.9. The Balaban J connectivity index is 0.967. The van der Waals surface area contributed by atoms with Crippen molar-refractivity contribution in [3.05, 3.63) is 199 Å². The highest BCUT2D eigenvalue weighted by atomic mass is 32.1. The molecule has 0 spiro atoms. The Labute approximate surface area is 300 Å². The van der Waals surface area contributed by atoms with Crippen LogP contribution in [0.1, 0.15) is 16.7 Å². The second-order valence-corrected chi connectivity index (χ2v) is 14.1. The molecule has 0 unspecified atom stereocenters. The summed E-state index contributed by atoms with van der Waals surface area (Å²) < 4.78 is 7.69. The third kappa shape index (κ3) is 5.24. The lowest BCUT2D eigenvalue weighted by molar-refractivity contribution is 1.24. The molecule has 10 rings (SSSR count). The van der Waals surface area contributed by atoms with Crippen LogP contribution in [0.4, 0.5) is 0 Å². The number of benzene rings is 8. The zero-order valence-electron chi connectivity index (χ0n) is 27.7. The first kappa shape index (κ1) is 29.4. The minimum Gasteiger partial charge on any atom is -0.226 e. The molecule has 238 valence electrons. The van der Waals surface area contributed by atoms with E-state index in [-0.39, 0.29) is 0 Å². The van der Waals surface area contributed by atoms with Crippen LogP contribution in [0.15, 0.2) is 182 Å². The van der Waals surface area contributed by atoms with Crippen molar-refractivity contribution in [1.82, 2.24) is 9.98 Å². The summed E-state index contributed by atoms with van der Waals surface area (Å²) in [5.74, 6) is 0.849. The molecule has 2 heterocycles. The van der Waals surface area contributed by atoms with E-state index in [9.17, 15) is 0 Å². The molecule has 0 saturated heterocycles. The van der Waals surface area contributed by atoms with E-state index >= 15 is 0 Å². The molecule has 3 heteroatoms. The van der Waals surface area contributed by atoms with E-state index in [1.165, 1.54) is 64.0 Å². The largest absolute Gasteiger partial charge is 0.380 e. The van der Waals surface area contributed by atoms with Gasteiger partial charge in [-0.15, -0.1) is 11.3 Å². The molecule has 1 aromatic heterocycles. The average molecular weight is 668 g/mol. The second-order valence-electron chi connectivity index (χ2n) is 13.1. The maximum absolute atomic E-state index is 5.00. The minimum atomic E-state index is 0.849. The molecule has 8 aromatic carbocycles. The van der Waals surface area contributed by atoms with Gasteiger partial charge in [-0.2, -0.15) is 0 Å². The molecule has 1 N–H and O–H groups in total. The van der Waals surface area contributed by atoms with Crippen LogP contribution in [0.3, 0.4) is 0 Å². The molecule has 1 aliphatic heterocycles. The number of hydrogen-bond acceptors (Lipinski definition) is 2. The van der Waals surface area contributed by atoms with Crippen LogP contribution in [0.25, 0.3) is 69.7 Å². The average Bonchev–Trinajstić information content (AvgIpc) is 3.60. The minimum absolute atomic E-state index is 0.849. The Morgan fingerprint density at radius 3 is 1.78 bits per heavy atom. The molecule has 0 fully saturated rings. The van der Waals surface area contributed by atoms with Gasteiger partial charge in [0, 0.05) is 31.3 Å². The third-order valence-electron chi connectivity index (χ3n) is 9.96. The first-order chi connectivity index (χ1) is 25.2. The smallest absolute Gasteiger partial charge is 0.226 e. The highest BCUT2D eigenvalue weighted by molar-refractivity contribution is 7.26. The van der Waals surface area contributed by atoms with Gasteiger partial charge in [0.25, 0.3) is 0 Å². The van der Waals surface area contributed by atoms with E-state index in [1.54, 1.807) is 0 Å². The van der Waals surface area contributed by atoms with Gasteiger partial charge in [-0.05, 0) is 86.3 Å². The molecule has 1 aliphatic rings. The second kappa shape index (κ2) is 12.1. The number of thiophene rings is 1. The van der Waals surface area contributed by atoms with Gasteiger partial charge in [-0.3, -0.25) is 0 Å². The molecule has 2 nitrogen and oxygen atoms in total. The summed E-state index contributed by atoms with van der Waals surface area (Å²) >= 11 is 1.88. The van der Waals surface area contributed by atoms with Crippen molar-refractivity contribution in [2.75, 3.05) is 0 Å². The predicted octanol–water partition coefficient (Wildman–Crippen LogP) is 11.6. The van der Waals surface area contributed by atoms with Crippen LogP contribution in [0, 0.1) is 0 Å². The molecule has 51 heavy (non-hydrogen) atoms. The van der Waals surface area contributed by atoms with Gasteiger partial charge in [0.1, 0.15) is 5.70 Å². The summed E-state index contributed by atoms with van der Waals surface area (Å²) in [4.78, 5) is 0. The fourth-order valence-electron chi connectivity index (χ4n) is 7.36. The fraction of sp³-hybridized carbons (Fsp3) is 0. The van der Waals surface area contributed by atoms with Crippen molar-refractivity contribution in [1.29, 1.82) is 0 Å².